The minimum absolute atomic E-state index is 0.0220. The van der Waals surface area contributed by atoms with Crippen molar-refractivity contribution in [3.63, 3.8) is 0 Å². The van der Waals surface area contributed by atoms with Crippen molar-refractivity contribution in [2.24, 2.45) is 0 Å². The van der Waals surface area contributed by atoms with Gasteiger partial charge in [0.15, 0.2) is 0 Å². The Morgan fingerprint density at radius 3 is 2.29 bits per heavy atom. The third kappa shape index (κ3) is 3.55. The Morgan fingerprint density at radius 2 is 1.81 bits per heavy atom. The molecule has 2 aromatic rings. The molecule has 0 unspecified atom stereocenters. The van der Waals surface area contributed by atoms with Gasteiger partial charge in [0.1, 0.15) is 17.3 Å². The molecule has 0 fully saturated rings. The van der Waals surface area contributed by atoms with E-state index >= 15 is 0 Å². The maximum absolute atomic E-state index is 10.8. The fourth-order valence-electron chi connectivity index (χ4n) is 1.66. The number of aromatic carboxylic acids is 1. The van der Waals surface area contributed by atoms with Gasteiger partial charge >= 0.3 is 5.97 Å². The first-order valence-corrected chi connectivity index (χ1v) is 6.30. The van der Waals surface area contributed by atoms with Gasteiger partial charge in [-0.2, -0.15) is 0 Å². The van der Waals surface area contributed by atoms with Crippen LogP contribution in [0.1, 0.15) is 10.4 Å². The number of pyridine rings is 1. The second-order valence-electron chi connectivity index (χ2n) is 4.09. The molecular formula is C14H13ClN2O4. The SMILES string of the molecule is COc1cc(Nc2ncc(C(=O)O)cc2Cl)cc(OC)c1. The molecule has 0 amide bonds. The summed E-state index contributed by atoms with van der Waals surface area (Å²) in [5.74, 6) is 0.473. The van der Waals surface area contributed by atoms with Gasteiger partial charge in [0.25, 0.3) is 0 Å². The highest BCUT2D eigenvalue weighted by Gasteiger charge is 2.10. The largest absolute Gasteiger partial charge is 0.497 e. The maximum atomic E-state index is 10.8. The van der Waals surface area contributed by atoms with Crippen LogP contribution < -0.4 is 14.8 Å². The lowest BCUT2D eigenvalue weighted by molar-refractivity contribution is 0.0696. The Morgan fingerprint density at radius 1 is 1.19 bits per heavy atom. The summed E-state index contributed by atoms with van der Waals surface area (Å²) in [6.45, 7) is 0. The van der Waals surface area contributed by atoms with Crippen molar-refractivity contribution in [2.75, 3.05) is 19.5 Å². The molecule has 21 heavy (non-hydrogen) atoms. The minimum atomic E-state index is -1.08. The van der Waals surface area contributed by atoms with Gasteiger partial charge in [-0.05, 0) is 6.07 Å². The number of nitrogens with zero attached hydrogens (tertiary/aromatic N) is 1. The molecule has 0 aliphatic carbocycles. The highest BCUT2D eigenvalue weighted by Crippen LogP contribution is 2.30. The second-order valence-corrected chi connectivity index (χ2v) is 4.49. The molecule has 0 saturated carbocycles. The smallest absolute Gasteiger partial charge is 0.337 e. The first-order chi connectivity index (χ1) is 10.0. The number of benzene rings is 1. The summed E-state index contributed by atoms with van der Waals surface area (Å²) >= 11 is 6.02. The molecule has 1 aromatic carbocycles. The monoisotopic (exact) mass is 308 g/mol. The van der Waals surface area contributed by atoms with Gasteiger partial charge in [-0.25, -0.2) is 9.78 Å². The fourth-order valence-corrected chi connectivity index (χ4v) is 1.88. The van der Waals surface area contributed by atoms with Crippen molar-refractivity contribution in [2.45, 2.75) is 0 Å². The van der Waals surface area contributed by atoms with E-state index < -0.39 is 5.97 Å². The number of nitrogens with one attached hydrogen (secondary N) is 1. The van der Waals surface area contributed by atoms with Crippen LogP contribution in [0.25, 0.3) is 0 Å². The van der Waals surface area contributed by atoms with E-state index in [9.17, 15) is 4.79 Å². The first-order valence-electron chi connectivity index (χ1n) is 5.92. The Balaban J connectivity index is 2.31. The van der Waals surface area contributed by atoms with Crippen LogP contribution in [0.15, 0.2) is 30.5 Å². The number of rotatable bonds is 5. The highest BCUT2D eigenvalue weighted by molar-refractivity contribution is 6.33. The van der Waals surface area contributed by atoms with Crippen molar-refractivity contribution < 1.29 is 19.4 Å². The van der Waals surface area contributed by atoms with E-state index in [1.54, 1.807) is 32.4 Å². The number of methoxy groups -OCH3 is 2. The van der Waals surface area contributed by atoms with Crippen LogP contribution in [0.2, 0.25) is 5.02 Å². The predicted molar refractivity (Wildman–Crippen MR) is 79.0 cm³/mol. The summed E-state index contributed by atoms with van der Waals surface area (Å²) in [4.78, 5) is 14.8. The summed E-state index contributed by atoms with van der Waals surface area (Å²) < 4.78 is 10.3. The zero-order valence-electron chi connectivity index (χ0n) is 11.4. The highest BCUT2D eigenvalue weighted by atomic mass is 35.5. The molecular weight excluding hydrogens is 296 g/mol. The molecule has 0 aliphatic rings. The normalized spacial score (nSPS) is 10.0. The molecule has 1 aromatic heterocycles. The molecule has 0 aliphatic heterocycles. The molecule has 0 radical (unpaired) electrons. The Kier molecular flexibility index (Phi) is 4.49. The summed E-state index contributed by atoms with van der Waals surface area (Å²) in [5, 5.41) is 12.1. The third-order valence-corrected chi connectivity index (χ3v) is 2.99. The van der Waals surface area contributed by atoms with Gasteiger partial charge in [0.2, 0.25) is 0 Å². The summed E-state index contributed by atoms with van der Waals surface area (Å²) in [5.41, 5.74) is 0.678. The van der Waals surface area contributed by atoms with Crippen molar-refractivity contribution in [3.8, 4) is 11.5 Å². The van der Waals surface area contributed by atoms with Crippen LogP contribution in [-0.2, 0) is 0 Å². The van der Waals surface area contributed by atoms with Crippen LogP contribution >= 0.6 is 11.6 Å². The van der Waals surface area contributed by atoms with E-state index in [0.29, 0.717) is 23.0 Å². The van der Waals surface area contributed by atoms with Gasteiger partial charge in [-0.15, -0.1) is 0 Å². The van der Waals surface area contributed by atoms with Crippen LogP contribution in [0.3, 0.4) is 0 Å². The molecule has 0 saturated heterocycles. The van der Waals surface area contributed by atoms with Gasteiger partial charge < -0.3 is 19.9 Å². The number of ether oxygens (including phenoxy) is 2. The number of carbonyl (C=O) groups is 1. The topological polar surface area (TPSA) is 80.7 Å². The fraction of sp³-hybridized carbons (Fsp3) is 0.143. The number of carboxylic acids is 1. The zero-order chi connectivity index (χ0) is 15.4. The van der Waals surface area contributed by atoms with Crippen molar-refractivity contribution in [1.82, 2.24) is 4.98 Å². The van der Waals surface area contributed by atoms with Crippen molar-refractivity contribution in [3.05, 3.63) is 41.0 Å². The molecule has 110 valence electrons. The second kappa shape index (κ2) is 6.32. The molecule has 0 spiro atoms. The lowest BCUT2D eigenvalue weighted by atomic mass is 10.2. The van der Waals surface area contributed by atoms with Gasteiger partial charge in [-0.3, -0.25) is 0 Å². The third-order valence-electron chi connectivity index (χ3n) is 2.70. The van der Waals surface area contributed by atoms with Crippen LogP contribution in [0, 0.1) is 0 Å². The van der Waals surface area contributed by atoms with Gasteiger partial charge in [-0.1, -0.05) is 11.6 Å². The minimum Gasteiger partial charge on any atom is -0.497 e. The Bertz CT molecular complexity index is 654. The van der Waals surface area contributed by atoms with E-state index in [1.165, 1.54) is 12.3 Å². The van der Waals surface area contributed by atoms with E-state index in [1.807, 2.05) is 0 Å². The molecule has 2 N–H and O–H groups in total. The average Bonchev–Trinajstić information content (AvgIpc) is 2.48. The number of halogens is 1. The Labute approximate surface area is 126 Å². The van der Waals surface area contributed by atoms with Gasteiger partial charge in [0, 0.05) is 30.1 Å². The summed E-state index contributed by atoms with van der Waals surface area (Å²) in [6.07, 6.45) is 1.23. The zero-order valence-corrected chi connectivity index (χ0v) is 12.1. The van der Waals surface area contributed by atoms with E-state index in [0.717, 1.165) is 0 Å². The predicted octanol–water partition coefficient (Wildman–Crippen LogP) is 3.19. The summed E-state index contributed by atoms with van der Waals surface area (Å²) in [6, 6.07) is 6.54. The van der Waals surface area contributed by atoms with E-state index in [2.05, 4.69) is 10.3 Å². The molecule has 2 rings (SSSR count). The molecule has 0 atom stereocenters. The average molecular weight is 309 g/mol. The number of hydrogen-bond acceptors (Lipinski definition) is 5. The lowest BCUT2D eigenvalue weighted by Crippen LogP contribution is -2.01. The molecule has 6 nitrogen and oxygen atoms in total. The summed E-state index contributed by atoms with van der Waals surface area (Å²) in [7, 11) is 3.09. The maximum Gasteiger partial charge on any atom is 0.337 e. The van der Waals surface area contributed by atoms with Crippen LogP contribution in [0.4, 0.5) is 11.5 Å². The van der Waals surface area contributed by atoms with Crippen LogP contribution in [-0.4, -0.2) is 30.3 Å². The standard InChI is InChI=1S/C14H13ClN2O4/c1-20-10-4-9(5-11(6-10)21-2)17-13-12(15)3-8(7-16-13)14(18)19/h3-7H,1-2H3,(H,16,17)(H,18,19). The lowest BCUT2D eigenvalue weighted by Gasteiger charge is -2.11. The number of hydrogen-bond donors (Lipinski definition) is 2. The quantitative estimate of drug-likeness (QED) is 0.883. The van der Waals surface area contributed by atoms with Crippen molar-refractivity contribution in [1.29, 1.82) is 0 Å². The first kappa shape index (κ1) is 14.9. The van der Waals surface area contributed by atoms with Crippen LogP contribution in [0.5, 0.6) is 11.5 Å². The number of carboxylic acid groups (broad SMARTS) is 1. The number of aromatic nitrogens is 1. The molecule has 7 heteroatoms. The van der Waals surface area contributed by atoms with E-state index in [-0.39, 0.29) is 10.6 Å². The molecule has 0 bridgehead atoms. The van der Waals surface area contributed by atoms with E-state index in [4.69, 9.17) is 26.2 Å². The Hall–Kier alpha value is -2.47. The van der Waals surface area contributed by atoms with Crippen molar-refractivity contribution >= 4 is 29.1 Å². The molecule has 1 heterocycles. The van der Waals surface area contributed by atoms with Gasteiger partial charge in [0.05, 0.1) is 24.8 Å². The number of anilines is 2.